The zero-order chi connectivity index (χ0) is 18.8. The van der Waals surface area contributed by atoms with E-state index in [1.54, 1.807) is 29.8 Å². The first-order valence-corrected chi connectivity index (χ1v) is 9.81. The molecular formula is C21H21N3O2S. The van der Waals surface area contributed by atoms with Gasteiger partial charge in [0.15, 0.2) is 5.82 Å². The minimum atomic E-state index is -0.0642. The highest BCUT2D eigenvalue weighted by Crippen LogP contribution is 2.41. The van der Waals surface area contributed by atoms with Crippen molar-refractivity contribution in [3.8, 4) is 11.8 Å². The van der Waals surface area contributed by atoms with Crippen molar-refractivity contribution >= 4 is 29.2 Å². The Morgan fingerprint density at radius 2 is 2.19 bits per heavy atom. The molecule has 2 atom stereocenters. The van der Waals surface area contributed by atoms with Crippen LogP contribution in [0, 0.1) is 17.8 Å². The van der Waals surface area contributed by atoms with Crippen LogP contribution in [-0.4, -0.2) is 36.7 Å². The number of aromatic nitrogens is 1. The number of hydrogen-bond acceptors (Lipinski definition) is 5. The van der Waals surface area contributed by atoms with E-state index in [1.165, 1.54) is 0 Å². The number of amides is 1. The molecule has 1 amide bonds. The Morgan fingerprint density at radius 1 is 1.33 bits per heavy atom. The molecule has 2 unspecified atom stereocenters. The maximum absolute atomic E-state index is 13.1. The molecule has 0 radical (unpaired) electrons. The van der Waals surface area contributed by atoms with E-state index in [0.29, 0.717) is 30.5 Å². The number of fused-ring (bicyclic) bond motifs is 2. The SMILES string of the molecule is CC#CCN1C(=O)c2ccccc2Sc2cc(NC3COCC3C)cnc21. The maximum Gasteiger partial charge on any atom is 0.261 e. The van der Waals surface area contributed by atoms with Crippen molar-refractivity contribution in [3.63, 3.8) is 0 Å². The Morgan fingerprint density at radius 3 is 2.96 bits per heavy atom. The molecule has 2 aliphatic rings. The van der Waals surface area contributed by atoms with Crippen molar-refractivity contribution in [2.75, 3.05) is 30.0 Å². The lowest BCUT2D eigenvalue weighted by Gasteiger charge is -2.21. The molecule has 0 saturated carbocycles. The van der Waals surface area contributed by atoms with Crippen molar-refractivity contribution in [2.45, 2.75) is 29.7 Å². The van der Waals surface area contributed by atoms with Gasteiger partial charge in [0.25, 0.3) is 5.91 Å². The summed E-state index contributed by atoms with van der Waals surface area (Å²) in [5.41, 5.74) is 1.63. The fourth-order valence-electron chi connectivity index (χ4n) is 3.25. The number of nitrogens with one attached hydrogen (secondary N) is 1. The highest BCUT2D eigenvalue weighted by molar-refractivity contribution is 7.99. The van der Waals surface area contributed by atoms with Crippen molar-refractivity contribution in [1.82, 2.24) is 4.98 Å². The summed E-state index contributed by atoms with van der Waals surface area (Å²) < 4.78 is 5.54. The monoisotopic (exact) mass is 379 g/mol. The molecule has 1 aromatic heterocycles. The van der Waals surface area contributed by atoms with Crippen LogP contribution in [-0.2, 0) is 4.74 Å². The number of carbonyl (C=O) groups is 1. The average Bonchev–Trinajstić information content (AvgIpc) is 3.03. The summed E-state index contributed by atoms with van der Waals surface area (Å²) in [5.74, 6) is 6.92. The molecule has 1 aromatic carbocycles. The van der Waals surface area contributed by atoms with Gasteiger partial charge in [-0.3, -0.25) is 9.69 Å². The number of carbonyl (C=O) groups excluding carboxylic acids is 1. The van der Waals surface area contributed by atoms with Gasteiger partial charge < -0.3 is 10.1 Å². The van der Waals surface area contributed by atoms with Crippen LogP contribution in [0.5, 0.6) is 0 Å². The van der Waals surface area contributed by atoms with Gasteiger partial charge in [-0.05, 0) is 25.1 Å². The summed E-state index contributed by atoms with van der Waals surface area (Å²) in [7, 11) is 0. The van der Waals surface area contributed by atoms with Crippen LogP contribution >= 0.6 is 11.8 Å². The molecule has 0 bridgehead atoms. The fraction of sp³-hybridized carbons (Fsp3) is 0.333. The average molecular weight is 379 g/mol. The first-order chi connectivity index (χ1) is 13.2. The second kappa shape index (κ2) is 7.63. The Kier molecular flexibility index (Phi) is 5.06. The minimum Gasteiger partial charge on any atom is -0.379 e. The Bertz CT molecular complexity index is 935. The molecule has 1 saturated heterocycles. The summed E-state index contributed by atoms with van der Waals surface area (Å²) in [6.07, 6.45) is 1.79. The van der Waals surface area contributed by atoms with Gasteiger partial charge in [-0.25, -0.2) is 4.98 Å². The van der Waals surface area contributed by atoms with E-state index in [1.807, 2.05) is 24.3 Å². The van der Waals surface area contributed by atoms with E-state index in [0.717, 1.165) is 22.1 Å². The number of hydrogen-bond donors (Lipinski definition) is 1. The maximum atomic E-state index is 13.1. The molecule has 2 aromatic rings. The third-order valence-electron chi connectivity index (χ3n) is 4.80. The number of nitrogens with zero attached hydrogens (tertiary/aromatic N) is 2. The summed E-state index contributed by atoms with van der Waals surface area (Å²) in [6, 6.07) is 10.0. The van der Waals surface area contributed by atoms with Crippen molar-refractivity contribution < 1.29 is 9.53 Å². The second-order valence-corrected chi connectivity index (χ2v) is 7.81. The predicted molar refractivity (Wildman–Crippen MR) is 107 cm³/mol. The summed E-state index contributed by atoms with van der Waals surface area (Å²) in [6.45, 7) is 5.75. The molecule has 5 nitrogen and oxygen atoms in total. The van der Waals surface area contributed by atoms with Gasteiger partial charge >= 0.3 is 0 Å². The normalized spacial score (nSPS) is 21.0. The van der Waals surface area contributed by atoms with Crippen molar-refractivity contribution in [1.29, 1.82) is 0 Å². The first kappa shape index (κ1) is 17.9. The molecule has 3 heterocycles. The van der Waals surface area contributed by atoms with Gasteiger partial charge in [0.2, 0.25) is 0 Å². The molecule has 0 spiro atoms. The van der Waals surface area contributed by atoms with E-state index >= 15 is 0 Å². The standard InChI is InChI=1S/C21H21N3O2S/c1-3-4-9-24-20-19(27-18-8-6-5-7-16(18)21(24)25)10-15(11-22-20)23-17-13-26-12-14(17)2/h5-8,10-11,14,17,23H,9,12-13H2,1-2H3. The van der Waals surface area contributed by atoms with Crippen LogP contribution in [0.2, 0.25) is 0 Å². The van der Waals surface area contributed by atoms with E-state index in [9.17, 15) is 4.79 Å². The number of pyridine rings is 1. The smallest absolute Gasteiger partial charge is 0.261 e. The third kappa shape index (κ3) is 3.53. The molecule has 138 valence electrons. The van der Waals surface area contributed by atoms with Gasteiger partial charge in [-0.15, -0.1) is 5.92 Å². The number of rotatable bonds is 3. The molecule has 2 aliphatic heterocycles. The number of ether oxygens (including phenoxy) is 1. The number of anilines is 2. The molecule has 27 heavy (non-hydrogen) atoms. The topological polar surface area (TPSA) is 54.5 Å². The first-order valence-electron chi connectivity index (χ1n) is 9.00. The summed E-state index contributed by atoms with van der Waals surface area (Å²) in [4.78, 5) is 21.3. The highest BCUT2D eigenvalue weighted by atomic mass is 32.2. The highest BCUT2D eigenvalue weighted by Gasteiger charge is 2.29. The molecular weight excluding hydrogens is 358 g/mol. The van der Waals surface area contributed by atoms with Crippen LogP contribution in [0.15, 0.2) is 46.3 Å². The van der Waals surface area contributed by atoms with E-state index in [2.05, 4.69) is 35.1 Å². The Hall–Kier alpha value is -2.49. The minimum absolute atomic E-state index is 0.0642. The van der Waals surface area contributed by atoms with Gasteiger partial charge in [0.1, 0.15) is 0 Å². The van der Waals surface area contributed by atoms with Crippen molar-refractivity contribution in [2.24, 2.45) is 5.92 Å². The Labute approximate surface area is 163 Å². The third-order valence-corrected chi connectivity index (χ3v) is 5.90. The zero-order valence-electron chi connectivity index (χ0n) is 15.4. The summed E-state index contributed by atoms with van der Waals surface area (Å²) in [5, 5.41) is 3.52. The van der Waals surface area contributed by atoms with Gasteiger partial charge in [0.05, 0.1) is 48.1 Å². The quantitative estimate of drug-likeness (QED) is 0.825. The van der Waals surface area contributed by atoms with Gasteiger partial charge in [-0.1, -0.05) is 36.7 Å². The molecule has 1 fully saturated rings. The lowest BCUT2D eigenvalue weighted by atomic mass is 10.1. The van der Waals surface area contributed by atoms with E-state index in [4.69, 9.17) is 4.74 Å². The Balaban J connectivity index is 1.73. The second-order valence-electron chi connectivity index (χ2n) is 6.73. The van der Waals surface area contributed by atoms with Crippen LogP contribution in [0.1, 0.15) is 24.2 Å². The lowest BCUT2D eigenvalue weighted by Crippen LogP contribution is -2.32. The van der Waals surface area contributed by atoms with Crippen LogP contribution in [0.3, 0.4) is 0 Å². The van der Waals surface area contributed by atoms with Crippen LogP contribution < -0.4 is 10.2 Å². The number of benzene rings is 1. The summed E-state index contributed by atoms with van der Waals surface area (Å²) >= 11 is 1.57. The van der Waals surface area contributed by atoms with E-state index < -0.39 is 0 Å². The molecule has 6 heteroatoms. The fourth-order valence-corrected chi connectivity index (χ4v) is 4.34. The van der Waals surface area contributed by atoms with Gasteiger partial charge in [0, 0.05) is 10.8 Å². The van der Waals surface area contributed by atoms with Gasteiger partial charge in [-0.2, -0.15) is 0 Å². The zero-order valence-corrected chi connectivity index (χ0v) is 16.2. The van der Waals surface area contributed by atoms with Crippen LogP contribution in [0.4, 0.5) is 11.5 Å². The molecule has 1 N–H and O–H groups in total. The lowest BCUT2D eigenvalue weighted by molar-refractivity contribution is 0.0986. The predicted octanol–water partition coefficient (Wildman–Crippen LogP) is 3.66. The van der Waals surface area contributed by atoms with Crippen molar-refractivity contribution in [3.05, 3.63) is 42.1 Å². The molecule has 0 aliphatic carbocycles. The largest absolute Gasteiger partial charge is 0.379 e. The van der Waals surface area contributed by atoms with Crippen LogP contribution in [0.25, 0.3) is 0 Å². The van der Waals surface area contributed by atoms with E-state index in [-0.39, 0.29) is 11.9 Å². The molecule has 4 rings (SSSR count).